The SMILES string of the molecule is CNC(c1ccc(OC)c(Br)c1)c1ccc(C(C)(C)C)s1. The third-order valence-corrected chi connectivity index (χ3v) is 5.64. The number of methoxy groups -OCH3 is 1. The highest BCUT2D eigenvalue weighted by molar-refractivity contribution is 9.10. The van der Waals surface area contributed by atoms with Gasteiger partial charge in [-0.1, -0.05) is 26.8 Å². The molecule has 0 saturated carbocycles. The van der Waals surface area contributed by atoms with Crippen LogP contribution >= 0.6 is 27.3 Å². The fourth-order valence-corrected chi connectivity index (χ4v) is 4.01. The molecule has 0 bridgehead atoms. The van der Waals surface area contributed by atoms with E-state index in [-0.39, 0.29) is 11.5 Å². The second-order valence-electron chi connectivity index (χ2n) is 6.07. The maximum Gasteiger partial charge on any atom is 0.133 e. The minimum atomic E-state index is 0.196. The number of rotatable bonds is 4. The predicted molar refractivity (Wildman–Crippen MR) is 94.6 cm³/mol. The molecule has 0 saturated heterocycles. The Kier molecular flexibility index (Phi) is 5.12. The van der Waals surface area contributed by atoms with Gasteiger partial charge in [0.1, 0.15) is 5.75 Å². The first kappa shape index (κ1) is 16.5. The summed E-state index contributed by atoms with van der Waals surface area (Å²) in [7, 11) is 3.68. The number of benzene rings is 1. The van der Waals surface area contributed by atoms with Gasteiger partial charge in [0.15, 0.2) is 0 Å². The molecule has 1 aromatic heterocycles. The van der Waals surface area contributed by atoms with E-state index in [0.29, 0.717) is 0 Å². The lowest BCUT2D eigenvalue weighted by atomic mass is 9.95. The lowest BCUT2D eigenvalue weighted by Gasteiger charge is -2.18. The summed E-state index contributed by atoms with van der Waals surface area (Å²) >= 11 is 5.44. The van der Waals surface area contributed by atoms with Crippen molar-refractivity contribution in [3.63, 3.8) is 0 Å². The zero-order chi connectivity index (χ0) is 15.6. The summed E-state index contributed by atoms with van der Waals surface area (Å²) in [6.07, 6.45) is 0. The molecular weight excluding hydrogens is 346 g/mol. The number of thiophene rings is 1. The van der Waals surface area contributed by atoms with Crippen LogP contribution in [0, 0.1) is 0 Å². The first-order valence-corrected chi connectivity index (χ1v) is 8.58. The molecule has 2 rings (SSSR count). The Morgan fingerprint density at radius 1 is 1.19 bits per heavy atom. The lowest BCUT2D eigenvalue weighted by Crippen LogP contribution is -2.16. The van der Waals surface area contributed by atoms with E-state index in [2.05, 4.69) is 66.3 Å². The molecule has 4 heteroatoms. The van der Waals surface area contributed by atoms with Gasteiger partial charge in [-0.05, 0) is 58.2 Å². The van der Waals surface area contributed by atoms with Crippen molar-refractivity contribution >= 4 is 27.3 Å². The van der Waals surface area contributed by atoms with Crippen LogP contribution in [0.2, 0.25) is 0 Å². The number of nitrogens with one attached hydrogen (secondary N) is 1. The van der Waals surface area contributed by atoms with Crippen LogP contribution < -0.4 is 10.1 Å². The molecule has 0 spiro atoms. The van der Waals surface area contributed by atoms with Gasteiger partial charge in [0.05, 0.1) is 17.6 Å². The first-order valence-electron chi connectivity index (χ1n) is 6.97. The topological polar surface area (TPSA) is 21.3 Å². The molecule has 1 unspecified atom stereocenters. The van der Waals surface area contributed by atoms with Gasteiger partial charge < -0.3 is 10.1 Å². The van der Waals surface area contributed by atoms with Gasteiger partial charge in [-0.15, -0.1) is 11.3 Å². The normalized spacial score (nSPS) is 13.2. The van der Waals surface area contributed by atoms with Gasteiger partial charge in [-0.25, -0.2) is 0 Å². The van der Waals surface area contributed by atoms with Crippen LogP contribution in [0.15, 0.2) is 34.8 Å². The molecule has 0 aliphatic carbocycles. The van der Waals surface area contributed by atoms with E-state index in [1.807, 2.05) is 24.5 Å². The summed E-state index contributed by atoms with van der Waals surface area (Å²) in [5.41, 5.74) is 1.43. The van der Waals surface area contributed by atoms with Crippen molar-refractivity contribution < 1.29 is 4.74 Å². The van der Waals surface area contributed by atoms with Crippen LogP contribution in [0.3, 0.4) is 0 Å². The maximum atomic E-state index is 5.30. The molecule has 1 atom stereocenters. The van der Waals surface area contributed by atoms with Crippen molar-refractivity contribution in [3.8, 4) is 5.75 Å². The molecule has 0 amide bonds. The lowest BCUT2D eigenvalue weighted by molar-refractivity contribution is 0.412. The maximum absolute atomic E-state index is 5.30. The van der Waals surface area contributed by atoms with Crippen LogP contribution in [0.1, 0.15) is 42.1 Å². The molecule has 0 aliphatic rings. The van der Waals surface area contributed by atoms with Gasteiger partial charge >= 0.3 is 0 Å². The Hall–Kier alpha value is -0.840. The zero-order valence-corrected chi connectivity index (χ0v) is 15.6. The molecule has 2 nitrogen and oxygen atoms in total. The summed E-state index contributed by atoms with van der Waals surface area (Å²) in [6, 6.07) is 10.9. The molecule has 0 aliphatic heterocycles. The second kappa shape index (κ2) is 6.51. The average Bonchev–Trinajstić information content (AvgIpc) is 2.89. The van der Waals surface area contributed by atoms with Gasteiger partial charge in [0.2, 0.25) is 0 Å². The highest BCUT2D eigenvalue weighted by Gasteiger charge is 2.20. The Bertz CT molecular complexity index is 615. The largest absolute Gasteiger partial charge is 0.496 e. The van der Waals surface area contributed by atoms with E-state index >= 15 is 0 Å². The molecule has 21 heavy (non-hydrogen) atoms. The van der Waals surface area contributed by atoms with Crippen LogP contribution in [-0.2, 0) is 5.41 Å². The first-order chi connectivity index (χ1) is 9.86. The highest BCUT2D eigenvalue weighted by atomic mass is 79.9. The minimum absolute atomic E-state index is 0.196. The zero-order valence-electron chi connectivity index (χ0n) is 13.2. The number of halogens is 1. The fraction of sp³-hybridized carbons (Fsp3) is 0.412. The van der Waals surface area contributed by atoms with Crippen molar-refractivity contribution in [2.75, 3.05) is 14.2 Å². The van der Waals surface area contributed by atoms with Crippen LogP contribution in [-0.4, -0.2) is 14.2 Å². The van der Waals surface area contributed by atoms with Gasteiger partial charge in [0.25, 0.3) is 0 Å². The van der Waals surface area contributed by atoms with Crippen LogP contribution in [0.5, 0.6) is 5.75 Å². The van der Waals surface area contributed by atoms with Crippen molar-refractivity contribution in [1.29, 1.82) is 0 Å². The summed E-state index contributed by atoms with van der Waals surface area (Å²) < 4.78 is 6.28. The smallest absolute Gasteiger partial charge is 0.133 e. The van der Waals surface area contributed by atoms with Crippen LogP contribution in [0.25, 0.3) is 0 Å². The quantitative estimate of drug-likeness (QED) is 0.808. The molecule has 1 aromatic carbocycles. The van der Waals surface area contributed by atoms with Crippen molar-refractivity contribution in [2.24, 2.45) is 0 Å². The van der Waals surface area contributed by atoms with Crippen molar-refractivity contribution in [2.45, 2.75) is 32.2 Å². The molecule has 1 heterocycles. The summed E-state index contributed by atoms with van der Waals surface area (Å²) in [6.45, 7) is 6.75. The Balaban J connectivity index is 2.35. The molecular formula is C17H22BrNOS. The van der Waals surface area contributed by atoms with E-state index in [9.17, 15) is 0 Å². The van der Waals surface area contributed by atoms with Crippen molar-refractivity contribution in [1.82, 2.24) is 5.32 Å². The number of hydrogen-bond acceptors (Lipinski definition) is 3. The minimum Gasteiger partial charge on any atom is -0.496 e. The molecule has 0 fully saturated rings. The van der Waals surface area contributed by atoms with Crippen molar-refractivity contribution in [3.05, 3.63) is 50.1 Å². The Morgan fingerprint density at radius 2 is 1.90 bits per heavy atom. The summed E-state index contributed by atoms with van der Waals surface area (Å²) in [5.74, 6) is 0.857. The average molecular weight is 368 g/mol. The summed E-state index contributed by atoms with van der Waals surface area (Å²) in [5, 5.41) is 3.41. The van der Waals surface area contributed by atoms with Gasteiger partial charge in [-0.3, -0.25) is 0 Å². The summed E-state index contributed by atoms with van der Waals surface area (Å²) in [4.78, 5) is 2.74. The molecule has 1 N–H and O–H groups in total. The van der Waals surface area contributed by atoms with E-state index in [4.69, 9.17) is 4.74 Å². The number of ether oxygens (including phenoxy) is 1. The molecule has 2 aromatic rings. The van der Waals surface area contributed by atoms with E-state index < -0.39 is 0 Å². The van der Waals surface area contributed by atoms with Crippen LogP contribution in [0.4, 0.5) is 0 Å². The van der Waals surface area contributed by atoms with E-state index in [0.717, 1.165) is 10.2 Å². The van der Waals surface area contributed by atoms with Gasteiger partial charge in [0, 0.05) is 9.75 Å². The van der Waals surface area contributed by atoms with E-state index in [1.54, 1.807) is 7.11 Å². The highest BCUT2D eigenvalue weighted by Crippen LogP contribution is 2.36. The third-order valence-electron chi connectivity index (χ3n) is 3.45. The second-order valence-corrected chi connectivity index (χ2v) is 8.04. The molecule has 114 valence electrons. The third kappa shape index (κ3) is 3.68. The number of hydrogen-bond donors (Lipinski definition) is 1. The molecule has 0 radical (unpaired) electrons. The predicted octanol–water partition coefficient (Wildman–Crippen LogP) is 5.13. The van der Waals surface area contributed by atoms with E-state index in [1.165, 1.54) is 15.3 Å². The Morgan fingerprint density at radius 3 is 2.38 bits per heavy atom. The standard InChI is InChI=1S/C17H22BrNOS/c1-17(2,3)15-9-8-14(21-15)16(19-4)11-6-7-13(20-5)12(18)10-11/h6-10,16,19H,1-5H3. The van der Waals surface area contributed by atoms with Gasteiger partial charge in [-0.2, -0.15) is 0 Å². The Labute approximate surface area is 139 Å². The monoisotopic (exact) mass is 367 g/mol. The fourth-order valence-electron chi connectivity index (χ4n) is 2.25.